The molecule has 0 bridgehead atoms. The number of esters is 1. The second-order valence-corrected chi connectivity index (χ2v) is 5.53. The fourth-order valence-corrected chi connectivity index (χ4v) is 2.49. The highest BCUT2D eigenvalue weighted by Gasteiger charge is 2.29. The quantitative estimate of drug-likeness (QED) is 0.446. The molecule has 142 valence electrons. The summed E-state index contributed by atoms with van der Waals surface area (Å²) < 4.78 is 10.2. The number of carbonyl (C=O) groups is 3. The van der Waals surface area contributed by atoms with Crippen LogP contribution < -0.4 is 11.1 Å². The second kappa shape index (κ2) is 7.68. The van der Waals surface area contributed by atoms with Crippen LogP contribution in [0, 0.1) is 24.0 Å². The van der Waals surface area contributed by atoms with Gasteiger partial charge in [-0.3, -0.25) is 25.0 Å². The third-order valence-electron chi connectivity index (χ3n) is 3.69. The van der Waals surface area contributed by atoms with Crippen LogP contribution in [0.1, 0.15) is 49.3 Å². The smallest absolute Gasteiger partial charge is 0.342 e. The normalized spacial score (nSPS) is 10.3. The number of nitrogens with two attached hydrogens (primary N) is 1. The molecule has 0 aliphatic carbocycles. The Morgan fingerprint density at radius 1 is 1.26 bits per heavy atom. The molecule has 0 saturated carbocycles. The number of ether oxygens (including phenoxy) is 1. The number of amides is 2. The van der Waals surface area contributed by atoms with Crippen molar-refractivity contribution < 1.29 is 28.5 Å². The van der Waals surface area contributed by atoms with Gasteiger partial charge in [-0.15, -0.1) is 0 Å². The zero-order valence-corrected chi connectivity index (χ0v) is 14.8. The minimum absolute atomic E-state index is 0.0532. The Kier molecular flexibility index (Phi) is 5.59. The summed E-state index contributed by atoms with van der Waals surface area (Å²) in [6.07, 6.45) is 0. The Labute approximate surface area is 153 Å². The van der Waals surface area contributed by atoms with Crippen LogP contribution in [0.25, 0.3) is 0 Å². The van der Waals surface area contributed by atoms with Gasteiger partial charge in [-0.25, -0.2) is 4.79 Å². The van der Waals surface area contributed by atoms with Crippen LogP contribution in [0.5, 0.6) is 0 Å². The summed E-state index contributed by atoms with van der Waals surface area (Å²) in [5, 5.41) is 13.2. The molecule has 27 heavy (non-hydrogen) atoms. The number of nitro benzene ring substituents is 1. The van der Waals surface area contributed by atoms with E-state index in [2.05, 4.69) is 5.32 Å². The van der Waals surface area contributed by atoms with Crippen molar-refractivity contribution in [3.8, 4) is 0 Å². The van der Waals surface area contributed by atoms with Crippen LogP contribution in [0.15, 0.2) is 22.6 Å². The van der Waals surface area contributed by atoms with Gasteiger partial charge in [0.2, 0.25) is 5.88 Å². The molecule has 2 amide bonds. The van der Waals surface area contributed by atoms with E-state index in [-0.39, 0.29) is 46.2 Å². The van der Waals surface area contributed by atoms with Crippen LogP contribution >= 0.6 is 0 Å². The van der Waals surface area contributed by atoms with E-state index in [1.165, 1.54) is 32.0 Å². The first-order valence-corrected chi connectivity index (χ1v) is 7.84. The topological polar surface area (TPSA) is 155 Å². The third kappa shape index (κ3) is 3.94. The van der Waals surface area contributed by atoms with Crippen molar-refractivity contribution in [3.63, 3.8) is 0 Å². The Morgan fingerprint density at radius 3 is 2.44 bits per heavy atom. The van der Waals surface area contributed by atoms with Gasteiger partial charge in [-0.2, -0.15) is 0 Å². The van der Waals surface area contributed by atoms with Gasteiger partial charge < -0.3 is 14.9 Å². The number of aryl methyl sites for hydroxylation is 2. The Hall–Kier alpha value is -3.69. The molecular weight excluding hydrogens is 358 g/mol. The standard InChI is InChI=1S/C17H17N3O7/c1-4-26-17(23)12-9(3)27-16(13(12)14(18)21)19-15(22)10-5-6-11(20(24)25)8(2)7-10/h5-7H,4H2,1-3H3,(H2,18,21)(H,19,22). The number of furan rings is 1. The van der Waals surface area contributed by atoms with Crippen LogP contribution in [-0.4, -0.2) is 29.3 Å². The number of nitro groups is 1. The zero-order valence-electron chi connectivity index (χ0n) is 14.8. The number of hydrogen-bond acceptors (Lipinski definition) is 7. The van der Waals surface area contributed by atoms with E-state index < -0.39 is 22.7 Å². The lowest BCUT2D eigenvalue weighted by Gasteiger charge is -2.06. The molecule has 3 N–H and O–H groups in total. The first-order valence-electron chi connectivity index (χ1n) is 7.84. The molecule has 0 spiro atoms. The molecule has 0 unspecified atom stereocenters. The van der Waals surface area contributed by atoms with E-state index in [0.717, 1.165) is 0 Å². The Balaban J connectivity index is 2.40. The molecule has 0 aliphatic heterocycles. The zero-order chi connectivity index (χ0) is 20.3. The summed E-state index contributed by atoms with van der Waals surface area (Å²) >= 11 is 0. The molecule has 0 radical (unpaired) electrons. The summed E-state index contributed by atoms with van der Waals surface area (Å²) in [6.45, 7) is 4.58. The molecule has 1 heterocycles. The summed E-state index contributed by atoms with van der Waals surface area (Å²) in [6, 6.07) is 3.77. The van der Waals surface area contributed by atoms with Crippen molar-refractivity contribution in [1.29, 1.82) is 0 Å². The van der Waals surface area contributed by atoms with Crippen LogP contribution in [-0.2, 0) is 4.74 Å². The Morgan fingerprint density at radius 2 is 1.93 bits per heavy atom. The maximum absolute atomic E-state index is 12.4. The molecule has 0 fully saturated rings. The van der Waals surface area contributed by atoms with E-state index in [1.54, 1.807) is 6.92 Å². The largest absolute Gasteiger partial charge is 0.462 e. The Bertz CT molecular complexity index is 946. The van der Waals surface area contributed by atoms with Gasteiger partial charge in [0, 0.05) is 17.2 Å². The summed E-state index contributed by atoms with van der Waals surface area (Å²) in [5.41, 5.74) is 5.09. The van der Waals surface area contributed by atoms with E-state index in [9.17, 15) is 24.5 Å². The molecule has 0 aliphatic rings. The van der Waals surface area contributed by atoms with E-state index >= 15 is 0 Å². The molecule has 1 aromatic carbocycles. The molecule has 10 heteroatoms. The number of carbonyl (C=O) groups excluding carboxylic acids is 3. The fraction of sp³-hybridized carbons (Fsp3) is 0.235. The van der Waals surface area contributed by atoms with Crippen molar-refractivity contribution in [2.24, 2.45) is 5.73 Å². The summed E-state index contributed by atoms with van der Waals surface area (Å²) in [7, 11) is 0. The van der Waals surface area contributed by atoms with Gasteiger partial charge in [0.25, 0.3) is 17.5 Å². The number of nitrogens with one attached hydrogen (secondary N) is 1. The monoisotopic (exact) mass is 375 g/mol. The molecule has 0 atom stereocenters. The number of benzene rings is 1. The van der Waals surface area contributed by atoms with Gasteiger partial charge in [-0.05, 0) is 32.9 Å². The number of primary amides is 1. The average Bonchev–Trinajstić information content (AvgIpc) is 2.90. The molecular formula is C17H17N3O7. The molecule has 0 saturated heterocycles. The van der Waals surface area contributed by atoms with Crippen molar-refractivity contribution >= 4 is 29.4 Å². The van der Waals surface area contributed by atoms with E-state index in [4.69, 9.17) is 14.9 Å². The van der Waals surface area contributed by atoms with Crippen LogP contribution in [0.3, 0.4) is 0 Å². The molecule has 2 aromatic rings. The van der Waals surface area contributed by atoms with Crippen molar-refractivity contribution in [2.45, 2.75) is 20.8 Å². The maximum atomic E-state index is 12.4. The fourth-order valence-electron chi connectivity index (χ4n) is 2.49. The van der Waals surface area contributed by atoms with Gasteiger partial charge >= 0.3 is 5.97 Å². The first-order chi connectivity index (χ1) is 12.7. The number of anilines is 1. The molecule has 2 rings (SSSR count). The predicted molar refractivity (Wildman–Crippen MR) is 93.7 cm³/mol. The number of hydrogen-bond donors (Lipinski definition) is 2. The lowest BCUT2D eigenvalue weighted by atomic mass is 10.1. The van der Waals surface area contributed by atoms with Gasteiger partial charge in [0.1, 0.15) is 16.9 Å². The minimum atomic E-state index is -0.981. The molecule has 10 nitrogen and oxygen atoms in total. The third-order valence-corrected chi connectivity index (χ3v) is 3.69. The van der Waals surface area contributed by atoms with E-state index in [0.29, 0.717) is 0 Å². The minimum Gasteiger partial charge on any atom is -0.462 e. The maximum Gasteiger partial charge on any atom is 0.342 e. The van der Waals surface area contributed by atoms with Crippen molar-refractivity contribution in [2.75, 3.05) is 11.9 Å². The highest BCUT2D eigenvalue weighted by molar-refractivity contribution is 6.12. The van der Waals surface area contributed by atoms with Gasteiger partial charge in [-0.1, -0.05) is 0 Å². The SMILES string of the molecule is CCOC(=O)c1c(C)oc(NC(=O)c2ccc([N+](=O)[O-])c(C)c2)c1C(N)=O. The van der Waals surface area contributed by atoms with Crippen molar-refractivity contribution in [1.82, 2.24) is 0 Å². The van der Waals surface area contributed by atoms with Crippen LogP contribution in [0.4, 0.5) is 11.6 Å². The first kappa shape index (κ1) is 19.6. The average molecular weight is 375 g/mol. The lowest BCUT2D eigenvalue weighted by Crippen LogP contribution is -2.20. The summed E-state index contributed by atoms with van der Waals surface area (Å²) in [5.74, 6) is -2.73. The van der Waals surface area contributed by atoms with Crippen LogP contribution in [0.2, 0.25) is 0 Å². The summed E-state index contributed by atoms with van der Waals surface area (Å²) in [4.78, 5) is 46.6. The van der Waals surface area contributed by atoms with Gasteiger partial charge in [0.05, 0.1) is 11.5 Å². The number of rotatable bonds is 6. The molecule has 1 aromatic heterocycles. The number of nitrogens with zero attached hydrogens (tertiary/aromatic N) is 1. The van der Waals surface area contributed by atoms with E-state index in [1.807, 2.05) is 0 Å². The second-order valence-electron chi connectivity index (χ2n) is 5.53. The van der Waals surface area contributed by atoms with Crippen molar-refractivity contribution in [3.05, 3.63) is 56.3 Å². The van der Waals surface area contributed by atoms with Gasteiger partial charge in [0.15, 0.2) is 0 Å². The lowest BCUT2D eigenvalue weighted by molar-refractivity contribution is -0.385. The highest BCUT2D eigenvalue weighted by Crippen LogP contribution is 2.28. The predicted octanol–water partition coefficient (Wildman–Crippen LogP) is 2.33. The highest BCUT2D eigenvalue weighted by atomic mass is 16.6.